The minimum Gasteiger partial charge on any atom is -0.475 e. The van der Waals surface area contributed by atoms with Gasteiger partial charge < -0.3 is 15.7 Å². The number of amides is 2. The lowest BCUT2D eigenvalue weighted by Crippen LogP contribution is -2.42. The predicted octanol–water partition coefficient (Wildman–Crippen LogP) is 3.84. The number of hydrogen-bond donors (Lipinski definition) is 4. The van der Waals surface area contributed by atoms with Crippen LogP contribution >= 0.6 is 0 Å². The maximum atomic E-state index is 12.5. The predicted molar refractivity (Wildman–Crippen MR) is 114 cm³/mol. The van der Waals surface area contributed by atoms with Gasteiger partial charge in [0.25, 0.3) is 0 Å². The highest BCUT2D eigenvalue weighted by Gasteiger charge is 2.38. The van der Waals surface area contributed by atoms with Gasteiger partial charge in [0.05, 0.1) is 17.6 Å². The molecule has 4 N–H and O–H groups in total. The van der Waals surface area contributed by atoms with Crippen LogP contribution < -0.4 is 15.5 Å². The molecule has 0 saturated heterocycles. The molecule has 2 aromatic heterocycles. The number of anilines is 3. The van der Waals surface area contributed by atoms with Gasteiger partial charge in [-0.05, 0) is 42.7 Å². The Balaban J connectivity index is 0.000000383. The van der Waals surface area contributed by atoms with E-state index < -0.39 is 12.1 Å². The number of nitrogens with zero attached hydrogens (tertiary/aromatic N) is 3. The summed E-state index contributed by atoms with van der Waals surface area (Å²) in [5, 5.41) is 20.4. The van der Waals surface area contributed by atoms with E-state index in [2.05, 4.69) is 25.8 Å². The van der Waals surface area contributed by atoms with Gasteiger partial charge in [-0.1, -0.05) is 12.1 Å². The van der Waals surface area contributed by atoms with Crippen LogP contribution in [0.4, 0.5) is 35.0 Å². The molecule has 0 radical (unpaired) electrons. The summed E-state index contributed by atoms with van der Waals surface area (Å²) in [5.41, 5.74) is 4.93. The standard InChI is InChI=1S/C19H20N6O.C2HF3O2/c26-19(25-11-1-2-17-18(25)13-22-24-17)21-12-14-3-5-15(6-4-14)23-16-7-9-20-10-8-16;3-2(4,5)1(6)7/h3-10,13H,1-2,11-12H2,(H,20,23)(H,21,26)(H,22,24);(H,6,7). The quantitative estimate of drug-likeness (QED) is 0.467. The van der Waals surface area contributed by atoms with E-state index in [-0.39, 0.29) is 6.03 Å². The van der Waals surface area contributed by atoms with E-state index in [1.165, 1.54) is 0 Å². The first kappa shape index (κ1) is 23.6. The van der Waals surface area contributed by atoms with Crippen molar-refractivity contribution in [1.82, 2.24) is 20.5 Å². The molecule has 9 nitrogen and oxygen atoms in total. The Hall–Kier alpha value is -4.09. The highest BCUT2D eigenvalue weighted by molar-refractivity contribution is 5.92. The molecule has 1 aliphatic heterocycles. The van der Waals surface area contributed by atoms with Crippen molar-refractivity contribution in [2.45, 2.75) is 25.6 Å². The van der Waals surface area contributed by atoms with Crippen molar-refractivity contribution in [1.29, 1.82) is 0 Å². The highest BCUT2D eigenvalue weighted by Crippen LogP contribution is 2.24. The monoisotopic (exact) mass is 462 g/mol. The van der Waals surface area contributed by atoms with E-state index in [1.807, 2.05) is 36.4 Å². The van der Waals surface area contributed by atoms with Crippen LogP contribution in [-0.4, -0.2) is 45.0 Å². The Morgan fingerprint density at radius 2 is 1.73 bits per heavy atom. The van der Waals surface area contributed by atoms with Crippen LogP contribution in [0.1, 0.15) is 17.7 Å². The first-order valence-corrected chi connectivity index (χ1v) is 9.88. The SMILES string of the molecule is O=C(NCc1ccc(Nc2ccncc2)cc1)N1CCCc2[nH]ncc21.O=C(O)C(F)(F)F. The third-order valence-corrected chi connectivity index (χ3v) is 4.65. The van der Waals surface area contributed by atoms with Crippen molar-refractivity contribution in [2.24, 2.45) is 0 Å². The summed E-state index contributed by atoms with van der Waals surface area (Å²) in [5.74, 6) is -2.76. The fourth-order valence-corrected chi connectivity index (χ4v) is 3.05. The van der Waals surface area contributed by atoms with Crippen molar-refractivity contribution < 1.29 is 27.9 Å². The number of aryl methyl sites for hydroxylation is 1. The number of hydrogen-bond acceptors (Lipinski definition) is 5. The number of carboxylic acid groups (broad SMARTS) is 1. The maximum absolute atomic E-state index is 12.5. The number of nitrogens with one attached hydrogen (secondary N) is 3. The normalized spacial score (nSPS) is 12.8. The molecule has 4 rings (SSSR count). The van der Waals surface area contributed by atoms with Crippen LogP contribution in [0, 0.1) is 0 Å². The maximum Gasteiger partial charge on any atom is 0.490 e. The van der Waals surface area contributed by atoms with Crippen LogP contribution in [0.2, 0.25) is 0 Å². The van der Waals surface area contributed by atoms with Gasteiger partial charge >= 0.3 is 18.2 Å². The minimum atomic E-state index is -5.08. The lowest BCUT2D eigenvalue weighted by Gasteiger charge is -2.26. The summed E-state index contributed by atoms with van der Waals surface area (Å²) >= 11 is 0. The molecule has 0 aliphatic carbocycles. The Morgan fingerprint density at radius 1 is 1.09 bits per heavy atom. The molecule has 0 bridgehead atoms. The number of halogens is 3. The Bertz CT molecular complexity index is 1070. The summed E-state index contributed by atoms with van der Waals surface area (Å²) in [6.45, 7) is 1.20. The topological polar surface area (TPSA) is 123 Å². The van der Waals surface area contributed by atoms with E-state index in [1.54, 1.807) is 23.5 Å². The molecule has 3 heterocycles. The molecular formula is C21H21F3N6O3. The summed E-state index contributed by atoms with van der Waals surface area (Å²) in [6, 6.07) is 11.7. The molecule has 0 spiro atoms. The van der Waals surface area contributed by atoms with Gasteiger partial charge in [0.15, 0.2) is 0 Å². The summed E-state index contributed by atoms with van der Waals surface area (Å²) < 4.78 is 31.7. The number of carbonyl (C=O) groups is 2. The molecule has 0 saturated carbocycles. The molecule has 0 fully saturated rings. The molecule has 0 unspecified atom stereocenters. The molecule has 2 amide bonds. The number of carbonyl (C=O) groups excluding carboxylic acids is 1. The van der Waals surface area contributed by atoms with E-state index in [4.69, 9.17) is 9.90 Å². The second kappa shape index (κ2) is 10.5. The van der Waals surface area contributed by atoms with Crippen LogP contribution in [0.3, 0.4) is 0 Å². The van der Waals surface area contributed by atoms with Crippen LogP contribution in [-0.2, 0) is 17.8 Å². The Morgan fingerprint density at radius 3 is 2.36 bits per heavy atom. The number of carboxylic acids is 1. The van der Waals surface area contributed by atoms with Crippen molar-refractivity contribution in [3.8, 4) is 0 Å². The summed E-state index contributed by atoms with van der Waals surface area (Å²) in [7, 11) is 0. The highest BCUT2D eigenvalue weighted by atomic mass is 19.4. The fourth-order valence-electron chi connectivity index (χ4n) is 3.05. The number of rotatable bonds is 4. The average molecular weight is 462 g/mol. The smallest absolute Gasteiger partial charge is 0.475 e. The number of alkyl halides is 3. The molecule has 0 atom stereocenters. The first-order chi connectivity index (χ1) is 15.7. The second-order valence-corrected chi connectivity index (χ2v) is 7.01. The van der Waals surface area contributed by atoms with Gasteiger partial charge in [0.2, 0.25) is 0 Å². The molecule has 12 heteroatoms. The zero-order valence-electron chi connectivity index (χ0n) is 17.3. The number of urea groups is 1. The van der Waals surface area contributed by atoms with Gasteiger partial charge in [-0.3, -0.25) is 15.0 Å². The number of H-pyrrole nitrogens is 1. The lowest BCUT2D eigenvalue weighted by molar-refractivity contribution is -0.192. The number of aromatic amines is 1. The molecule has 33 heavy (non-hydrogen) atoms. The summed E-state index contributed by atoms with van der Waals surface area (Å²) in [4.78, 5) is 27.1. The lowest BCUT2D eigenvalue weighted by atomic mass is 10.1. The van der Waals surface area contributed by atoms with E-state index in [9.17, 15) is 18.0 Å². The van der Waals surface area contributed by atoms with Crippen LogP contribution in [0.5, 0.6) is 0 Å². The van der Waals surface area contributed by atoms with E-state index in [0.717, 1.165) is 41.2 Å². The minimum absolute atomic E-state index is 0.0914. The Labute approximate surface area is 186 Å². The van der Waals surface area contributed by atoms with E-state index in [0.29, 0.717) is 13.1 Å². The zero-order valence-corrected chi connectivity index (χ0v) is 17.3. The Kier molecular flexibility index (Phi) is 7.49. The second-order valence-electron chi connectivity index (χ2n) is 7.01. The zero-order chi connectivity index (χ0) is 23.8. The average Bonchev–Trinajstić information content (AvgIpc) is 3.28. The third-order valence-electron chi connectivity index (χ3n) is 4.65. The van der Waals surface area contributed by atoms with Crippen molar-refractivity contribution in [3.05, 3.63) is 66.2 Å². The molecular weight excluding hydrogens is 441 g/mol. The largest absolute Gasteiger partial charge is 0.490 e. The van der Waals surface area contributed by atoms with Gasteiger partial charge in [0.1, 0.15) is 0 Å². The van der Waals surface area contributed by atoms with Crippen LogP contribution in [0.25, 0.3) is 0 Å². The van der Waals surface area contributed by atoms with Crippen molar-refractivity contribution in [3.63, 3.8) is 0 Å². The third kappa shape index (κ3) is 6.69. The fraction of sp³-hybridized carbons (Fsp3) is 0.238. The molecule has 3 aromatic rings. The molecule has 1 aliphatic rings. The number of pyridine rings is 1. The van der Waals surface area contributed by atoms with E-state index >= 15 is 0 Å². The van der Waals surface area contributed by atoms with Gasteiger partial charge in [-0.2, -0.15) is 18.3 Å². The van der Waals surface area contributed by atoms with Crippen molar-refractivity contribution >= 4 is 29.1 Å². The number of fused-ring (bicyclic) bond motifs is 1. The summed E-state index contributed by atoms with van der Waals surface area (Å²) in [6.07, 6.45) is 2.01. The van der Waals surface area contributed by atoms with Gasteiger partial charge in [-0.15, -0.1) is 0 Å². The van der Waals surface area contributed by atoms with Crippen LogP contribution in [0.15, 0.2) is 55.0 Å². The molecule has 174 valence electrons. The van der Waals surface area contributed by atoms with Crippen molar-refractivity contribution in [2.75, 3.05) is 16.8 Å². The molecule has 1 aromatic carbocycles. The van der Waals surface area contributed by atoms with Gasteiger partial charge in [0, 0.05) is 36.9 Å². The number of aliphatic carboxylic acids is 1. The number of benzene rings is 1. The number of aromatic nitrogens is 3. The van der Waals surface area contributed by atoms with Gasteiger partial charge in [-0.25, -0.2) is 9.59 Å². The first-order valence-electron chi connectivity index (χ1n) is 9.88.